The first-order valence-corrected chi connectivity index (χ1v) is 13.0. The zero-order valence-electron chi connectivity index (χ0n) is 17.6. The van der Waals surface area contributed by atoms with Crippen LogP contribution in [0.25, 0.3) is 0 Å². The molecule has 9 heteroatoms. The zero-order valence-corrected chi connectivity index (χ0v) is 20.0. The van der Waals surface area contributed by atoms with Crippen LogP contribution in [0.4, 0.5) is 0 Å². The number of benzene rings is 2. The Hall–Kier alpha value is -2.52. The van der Waals surface area contributed by atoms with Crippen LogP contribution in [0.3, 0.4) is 0 Å². The number of carbonyl (C=O) groups is 1. The third-order valence-corrected chi connectivity index (χ3v) is 7.45. The van der Waals surface area contributed by atoms with E-state index in [1.165, 1.54) is 17.5 Å². The highest BCUT2D eigenvalue weighted by atomic mass is 79.9. The molecule has 168 valence electrons. The number of amides is 1. The van der Waals surface area contributed by atoms with E-state index in [1.807, 2.05) is 24.3 Å². The molecule has 1 saturated carbocycles. The highest BCUT2D eigenvalue weighted by Crippen LogP contribution is 2.27. The van der Waals surface area contributed by atoms with Gasteiger partial charge < -0.3 is 5.32 Å². The zero-order chi connectivity index (χ0) is 22.6. The number of carbonyl (C=O) groups excluding carboxylic acids is 1. The quantitative estimate of drug-likeness (QED) is 0.462. The topological polar surface area (TPSA) is 91.2 Å². The molecule has 0 saturated heterocycles. The molecule has 2 aromatic carbocycles. The average Bonchev–Trinajstić information content (AvgIpc) is 3.07. The van der Waals surface area contributed by atoms with Crippen LogP contribution >= 0.6 is 15.9 Å². The van der Waals surface area contributed by atoms with Gasteiger partial charge in [-0.15, -0.1) is 4.40 Å². The fourth-order valence-corrected chi connectivity index (χ4v) is 5.40. The second kappa shape index (κ2) is 9.95. The second-order valence-corrected chi connectivity index (χ2v) is 10.4. The van der Waals surface area contributed by atoms with Gasteiger partial charge in [0.15, 0.2) is 5.84 Å². The van der Waals surface area contributed by atoms with Crippen LogP contribution in [0.1, 0.15) is 49.7 Å². The summed E-state index contributed by atoms with van der Waals surface area (Å²) < 4.78 is 30.0. The Morgan fingerprint density at radius 3 is 2.59 bits per heavy atom. The third kappa shape index (κ3) is 5.45. The molecule has 7 nitrogen and oxygen atoms in total. The normalized spacial score (nSPS) is 17.7. The molecule has 2 aromatic rings. The van der Waals surface area contributed by atoms with Crippen LogP contribution in [0.5, 0.6) is 0 Å². The Kier molecular flexibility index (Phi) is 7.05. The molecule has 1 aliphatic carbocycles. The minimum atomic E-state index is -3.78. The fourth-order valence-electron chi connectivity index (χ4n) is 3.93. The molecule has 2 aliphatic rings. The van der Waals surface area contributed by atoms with Gasteiger partial charge in [-0.2, -0.15) is 13.5 Å². The monoisotopic (exact) mass is 516 g/mol. The van der Waals surface area contributed by atoms with Gasteiger partial charge in [-0.1, -0.05) is 59.5 Å². The maximum absolute atomic E-state index is 12.6. The summed E-state index contributed by atoms with van der Waals surface area (Å²) in [5.41, 5.74) is 1.34. The summed E-state index contributed by atoms with van der Waals surface area (Å²) >= 11 is 3.41. The Balaban J connectivity index is 1.54. The fraction of sp³-hybridized carbons (Fsp3) is 0.348. The van der Waals surface area contributed by atoms with E-state index in [0.717, 1.165) is 35.7 Å². The first-order valence-electron chi connectivity index (χ1n) is 10.7. The number of hydrogen-bond donors (Lipinski definition) is 1. The summed E-state index contributed by atoms with van der Waals surface area (Å²) in [7, 11) is -3.78. The molecule has 0 aromatic heterocycles. The van der Waals surface area contributed by atoms with E-state index < -0.39 is 10.0 Å². The molecule has 32 heavy (non-hydrogen) atoms. The van der Waals surface area contributed by atoms with Crippen LogP contribution in [-0.2, 0) is 14.8 Å². The van der Waals surface area contributed by atoms with Crippen molar-refractivity contribution in [2.75, 3.05) is 6.54 Å². The standard InChI is InChI=1S/C23H25BrN4O3S/c24-18-12-10-17(11-13-18)16-25-28(15-14-22(29)26-19-6-2-1-3-7-19)23-20-8-4-5-9-21(20)32(30,31)27-23/h4-5,8-13,16,19H,1-3,6-7,14-15H2,(H,26,29)/b25-16+. The molecule has 4 rings (SSSR count). The first kappa shape index (κ1) is 22.7. The SMILES string of the molecule is O=C(CCN(/N=C/c1ccc(Br)cc1)C1=NS(=O)(=O)c2ccccc21)NC1CCCCC1. The summed E-state index contributed by atoms with van der Waals surface area (Å²) in [5.74, 6) is 0.176. The number of rotatable bonds is 6. The van der Waals surface area contributed by atoms with E-state index in [1.54, 1.807) is 24.4 Å². The number of nitrogens with zero attached hydrogens (tertiary/aromatic N) is 3. The number of nitrogens with one attached hydrogen (secondary N) is 1. The molecule has 0 atom stereocenters. The summed E-state index contributed by atoms with van der Waals surface area (Å²) in [4.78, 5) is 12.7. The molecular weight excluding hydrogens is 492 g/mol. The molecule has 0 bridgehead atoms. The Bertz CT molecular complexity index is 1140. The van der Waals surface area contributed by atoms with E-state index in [4.69, 9.17) is 0 Å². The Morgan fingerprint density at radius 1 is 1.12 bits per heavy atom. The van der Waals surface area contributed by atoms with Gasteiger partial charge >= 0.3 is 0 Å². The van der Waals surface area contributed by atoms with Gasteiger partial charge in [0.2, 0.25) is 5.91 Å². The van der Waals surface area contributed by atoms with Crippen molar-refractivity contribution in [3.8, 4) is 0 Å². The van der Waals surface area contributed by atoms with Crippen molar-refractivity contribution in [1.29, 1.82) is 0 Å². The average molecular weight is 517 g/mol. The smallest absolute Gasteiger partial charge is 0.285 e. The highest BCUT2D eigenvalue weighted by molar-refractivity contribution is 9.10. The number of amidine groups is 1. The van der Waals surface area contributed by atoms with Crippen molar-refractivity contribution in [1.82, 2.24) is 10.3 Å². The van der Waals surface area contributed by atoms with Crippen molar-refractivity contribution < 1.29 is 13.2 Å². The molecule has 0 spiro atoms. The molecule has 0 radical (unpaired) electrons. The number of fused-ring (bicyclic) bond motifs is 1. The lowest BCUT2D eigenvalue weighted by molar-refractivity contribution is -0.122. The molecular formula is C23H25BrN4O3S. The van der Waals surface area contributed by atoms with Gasteiger partial charge in [0.05, 0.1) is 12.8 Å². The Labute approximate surface area is 196 Å². The lowest BCUT2D eigenvalue weighted by atomic mass is 9.95. The van der Waals surface area contributed by atoms with Crippen LogP contribution in [0, 0.1) is 0 Å². The largest absolute Gasteiger partial charge is 0.353 e. The summed E-state index contributed by atoms with van der Waals surface area (Å²) in [6, 6.07) is 14.5. The van der Waals surface area contributed by atoms with Gasteiger partial charge in [-0.3, -0.25) is 4.79 Å². The van der Waals surface area contributed by atoms with E-state index in [2.05, 4.69) is 30.7 Å². The van der Waals surface area contributed by atoms with Gasteiger partial charge in [-0.05, 0) is 42.7 Å². The van der Waals surface area contributed by atoms with Gasteiger partial charge in [0.1, 0.15) is 4.90 Å². The first-order chi connectivity index (χ1) is 15.4. The summed E-state index contributed by atoms with van der Waals surface area (Å²) in [6.07, 6.45) is 7.35. The predicted octanol–water partition coefficient (Wildman–Crippen LogP) is 4.07. The maximum Gasteiger partial charge on any atom is 0.285 e. The molecule has 1 aliphatic heterocycles. The second-order valence-electron chi connectivity index (χ2n) is 7.96. The number of halogens is 1. The molecule has 1 fully saturated rings. The highest BCUT2D eigenvalue weighted by Gasteiger charge is 2.32. The van der Waals surface area contributed by atoms with E-state index in [-0.39, 0.29) is 35.6 Å². The van der Waals surface area contributed by atoms with Crippen molar-refractivity contribution in [2.24, 2.45) is 9.50 Å². The number of hydrazone groups is 1. The van der Waals surface area contributed by atoms with Gasteiger partial charge in [-0.25, -0.2) is 5.01 Å². The van der Waals surface area contributed by atoms with Gasteiger partial charge in [0, 0.05) is 22.5 Å². The summed E-state index contributed by atoms with van der Waals surface area (Å²) in [5, 5.41) is 9.11. The van der Waals surface area contributed by atoms with Crippen molar-refractivity contribution in [2.45, 2.75) is 49.5 Å². The Morgan fingerprint density at radius 2 is 1.84 bits per heavy atom. The molecule has 0 unspecified atom stereocenters. The maximum atomic E-state index is 12.6. The summed E-state index contributed by atoms with van der Waals surface area (Å²) in [6.45, 7) is 0.217. The van der Waals surface area contributed by atoms with Gasteiger partial charge in [0.25, 0.3) is 10.0 Å². The minimum absolute atomic E-state index is 0.0597. The van der Waals surface area contributed by atoms with Crippen molar-refractivity contribution >= 4 is 43.9 Å². The lowest BCUT2D eigenvalue weighted by Crippen LogP contribution is -2.38. The molecule has 1 N–H and O–H groups in total. The van der Waals surface area contributed by atoms with E-state index in [9.17, 15) is 13.2 Å². The predicted molar refractivity (Wildman–Crippen MR) is 128 cm³/mol. The lowest BCUT2D eigenvalue weighted by Gasteiger charge is -2.24. The van der Waals surface area contributed by atoms with Crippen LogP contribution in [0.15, 0.2) is 67.4 Å². The van der Waals surface area contributed by atoms with Crippen LogP contribution < -0.4 is 5.32 Å². The number of hydrogen-bond acceptors (Lipinski definition) is 5. The van der Waals surface area contributed by atoms with Crippen LogP contribution in [0.2, 0.25) is 0 Å². The van der Waals surface area contributed by atoms with Crippen molar-refractivity contribution in [3.63, 3.8) is 0 Å². The number of sulfonamides is 1. The van der Waals surface area contributed by atoms with Crippen molar-refractivity contribution in [3.05, 3.63) is 64.1 Å². The molecule has 1 heterocycles. The van der Waals surface area contributed by atoms with E-state index in [0.29, 0.717) is 5.56 Å². The molecule has 1 amide bonds. The van der Waals surface area contributed by atoms with E-state index >= 15 is 0 Å². The minimum Gasteiger partial charge on any atom is -0.353 e. The third-order valence-electron chi connectivity index (χ3n) is 5.59. The van der Waals surface area contributed by atoms with Crippen LogP contribution in [-0.4, -0.2) is 44.0 Å².